The van der Waals surface area contributed by atoms with E-state index in [1.807, 2.05) is 13.8 Å². The molecule has 0 saturated carbocycles. The van der Waals surface area contributed by atoms with Crippen molar-refractivity contribution in [1.29, 1.82) is 0 Å². The van der Waals surface area contributed by atoms with Crippen molar-refractivity contribution in [3.8, 4) is 0 Å². The van der Waals surface area contributed by atoms with Gasteiger partial charge in [-0.3, -0.25) is 4.68 Å². The number of hydrogen-bond donors (Lipinski definition) is 2. The Bertz CT molecular complexity index is 470. The van der Waals surface area contributed by atoms with Gasteiger partial charge in [0.05, 0.1) is 18.9 Å². The van der Waals surface area contributed by atoms with E-state index in [0.29, 0.717) is 19.7 Å². The molecule has 0 saturated heterocycles. The van der Waals surface area contributed by atoms with E-state index in [-0.39, 0.29) is 17.5 Å². The van der Waals surface area contributed by atoms with E-state index in [0.717, 1.165) is 6.42 Å². The van der Waals surface area contributed by atoms with Gasteiger partial charge in [0, 0.05) is 19.3 Å². The minimum absolute atomic E-state index is 0.0866. The van der Waals surface area contributed by atoms with Gasteiger partial charge in [-0.1, -0.05) is 0 Å². The lowest BCUT2D eigenvalue weighted by Gasteiger charge is -2.08. The Morgan fingerprint density at radius 1 is 1.53 bits per heavy atom. The Balaban J connectivity index is 2.50. The maximum absolute atomic E-state index is 11.9. The summed E-state index contributed by atoms with van der Waals surface area (Å²) in [5.74, 6) is 0. The van der Waals surface area contributed by atoms with Crippen molar-refractivity contribution >= 4 is 10.0 Å². The molecule has 0 unspecified atom stereocenters. The van der Waals surface area contributed by atoms with E-state index in [9.17, 15) is 8.42 Å². The molecule has 0 aliphatic rings. The summed E-state index contributed by atoms with van der Waals surface area (Å²) in [7, 11) is -3.51. The first kappa shape index (κ1) is 16.1. The highest BCUT2D eigenvalue weighted by molar-refractivity contribution is 7.89. The molecular formula is C11H22N4O3S. The van der Waals surface area contributed by atoms with Crippen LogP contribution in [0.25, 0.3) is 0 Å². The Morgan fingerprint density at radius 2 is 2.26 bits per heavy atom. The molecule has 8 heteroatoms. The molecule has 1 aromatic rings. The summed E-state index contributed by atoms with van der Waals surface area (Å²) in [6.45, 7) is 5.55. The van der Waals surface area contributed by atoms with Crippen molar-refractivity contribution < 1.29 is 13.2 Å². The Kier molecular flexibility index (Phi) is 6.43. The molecule has 7 nitrogen and oxygen atoms in total. The molecule has 3 N–H and O–H groups in total. The second-order valence-electron chi connectivity index (χ2n) is 4.40. The van der Waals surface area contributed by atoms with Gasteiger partial charge in [0.1, 0.15) is 4.90 Å². The number of aryl methyl sites for hydroxylation is 1. The number of ether oxygens (including phenoxy) is 1. The quantitative estimate of drug-likeness (QED) is 0.620. The molecular weight excluding hydrogens is 268 g/mol. The minimum Gasteiger partial charge on any atom is -0.377 e. The van der Waals surface area contributed by atoms with E-state index in [2.05, 4.69) is 9.82 Å². The highest BCUT2D eigenvalue weighted by Gasteiger charge is 2.15. The van der Waals surface area contributed by atoms with Crippen molar-refractivity contribution in [2.75, 3.05) is 19.7 Å². The Labute approximate surface area is 114 Å². The van der Waals surface area contributed by atoms with Crippen molar-refractivity contribution in [2.45, 2.75) is 37.8 Å². The lowest BCUT2D eigenvalue weighted by molar-refractivity contribution is 0.0834. The van der Waals surface area contributed by atoms with Crippen LogP contribution in [0.2, 0.25) is 0 Å². The topological polar surface area (TPSA) is 99.2 Å². The Morgan fingerprint density at radius 3 is 2.89 bits per heavy atom. The van der Waals surface area contributed by atoms with Crippen molar-refractivity contribution in [1.82, 2.24) is 14.5 Å². The number of nitrogens with zero attached hydrogens (tertiary/aromatic N) is 2. The summed E-state index contributed by atoms with van der Waals surface area (Å²) < 4.78 is 33.2. The van der Waals surface area contributed by atoms with Gasteiger partial charge in [0.2, 0.25) is 10.0 Å². The molecule has 1 heterocycles. The fourth-order valence-electron chi connectivity index (χ4n) is 1.41. The molecule has 0 fully saturated rings. The third-order valence-electron chi connectivity index (χ3n) is 2.36. The van der Waals surface area contributed by atoms with Crippen LogP contribution in [0.15, 0.2) is 17.3 Å². The SMILES string of the molecule is CC(C)OCCNS(=O)(=O)c1cnn(CCCN)c1. The molecule has 0 amide bonds. The smallest absolute Gasteiger partial charge is 0.243 e. The number of aromatic nitrogens is 2. The number of nitrogens with two attached hydrogens (primary N) is 1. The van der Waals surface area contributed by atoms with Crippen LogP contribution in [0.5, 0.6) is 0 Å². The third kappa shape index (κ3) is 5.68. The van der Waals surface area contributed by atoms with Crippen LogP contribution < -0.4 is 10.5 Å². The van der Waals surface area contributed by atoms with Crippen LogP contribution in [0.4, 0.5) is 0 Å². The predicted molar refractivity (Wildman–Crippen MR) is 72.2 cm³/mol. The first-order valence-corrected chi connectivity index (χ1v) is 7.78. The lowest BCUT2D eigenvalue weighted by atomic mass is 10.4. The molecule has 0 spiro atoms. The van der Waals surface area contributed by atoms with Gasteiger partial charge < -0.3 is 10.5 Å². The maximum atomic E-state index is 11.9. The highest BCUT2D eigenvalue weighted by atomic mass is 32.2. The second-order valence-corrected chi connectivity index (χ2v) is 6.17. The van der Waals surface area contributed by atoms with E-state index >= 15 is 0 Å². The predicted octanol–water partition coefficient (Wildman–Crippen LogP) is -0.0648. The summed E-state index contributed by atoms with van der Waals surface area (Å²) in [5, 5.41) is 3.99. The normalized spacial score (nSPS) is 12.2. The van der Waals surface area contributed by atoms with Crippen molar-refractivity contribution in [3.05, 3.63) is 12.4 Å². The molecule has 0 aromatic carbocycles. The zero-order valence-corrected chi connectivity index (χ0v) is 12.2. The van der Waals surface area contributed by atoms with E-state index in [4.69, 9.17) is 10.5 Å². The van der Waals surface area contributed by atoms with Crippen molar-refractivity contribution in [3.63, 3.8) is 0 Å². The van der Waals surface area contributed by atoms with Crippen LogP contribution in [0.1, 0.15) is 20.3 Å². The number of hydrogen-bond acceptors (Lipinski definition) is 5. The lowest BCUT2D eigenvalue weighted by Crippen LogP contribution is -2.28. The standard InChI is InChI=1S/C11H22N4O3S/c1-10(2)18-7-5-14-19(16,17)11-8-13-15(9-11)6-3-4-12/h8-10,14H,3-7,12H2,1-2H3. The molecule has 0 aliphatic carbocycles. The molecule has 0 radical (unpaired) electrons. The first-order valence-electron chi connectivity index (χ1n) is 6.29. The van der Waals surface area contributed by atoms with Crippen molar-refractivity contribution in [2.24, 2.45) is 5.73 Å². The summed E-state index contributed by atoms with van der Waals surface area (Å²) in [5.41, 5.74) is 5.39. The molecule has 110 valence electrons. The van der Waals surface area contributed by atoms with Gasteiger partial charge >= 0.3 is 0 Å². The minimum atomic E-state index is -3.51. The molecule has 19 heavy (non-hydrogen) atoms. The van der Waals surface area contributed by atoms with Gasteiger partial charge in [0.15, 0.2) is 0 Å². The van der Waals surface area contributed by atoms with Crippen LogP contribution in [0.3, 0.4) is 0 Å². The summed E-state index contributed by atoms with van der Waals surface area (Å²) in [4.78, 5) is 0.161. The maximum Gasteiger partial charge on any atom is 0.243 e. The van der Waals surface area contributed by atoms with Crippen LogP contribution in [-0.2, 0) is 21.3 Å². The van der Waals surface area contributed by atoms with E-state index in [1.165, 1.54) is 12.4 Å². The van der Waals surface area contributed by atoms with Crippen LogP contribution in [-0.4, -0.2) is 44.0 Å². The molecule has 0 atom stereocenters. The fraction of sp³-hybridized carbons (Fsp3) is 0.727. The molecule has 0 bridgehead atoms. The molecule has 0 aliphatic heterocycles. The van der Waals surface area contributed by atoms with Gasteiger partial charge in [-0.2, -0.15) is 5.10 Å². The van der Waals surface area contributed by atoms with E-state index in [1.54, 1.807) is 4.68 Å². The largest absolute Gasteiger partial charge is 0.377 e. The zero-order chi connectivity index (χ0) is 14.3. The highest BCUT2D eigenvalue weighted by Crippen LogP contribution is 2.06. The average molecular weight is 290 g/mol. The second kappa shape index (κ2) is 7.59. The van der Waals surface area contributed by atoms with Gasteiger partial charge in [-0.05, 0) is 26.8 Å². The summed E-state index contributed by atoms with van der Waals surface area (Å²) in [6, 6.07) is 0. The van der Waals surface area contributed by atoms with Crippen LogP contribution in [0, 0.1) is 0 Å². The van der Waals surface area contributed by atoms with E-state index < -0.39 is 10.0 Å². The molecule has 1 aromatic heterocycles. The number of nitrogens with one attached hydrogen (secondary N) is 1. The number of rotatable bonds is 9. The van der Waals surface area contributed by atoms with Gasteiger partial charge in [-0.25, -0.2) is 13.1 Å². The first-order chi connectivity index (χ1) is 8.95. The van der Waals surface area contributed by atoms with Crippen LogP contribution >= 0.6 is 0 Å². The third-order valence-corrected chi connectivity index (χ3v) is 3.77. The number of sulfonamides is 1. The van der Waals surface area contributed by atoms with Gasteiger partial charge in [-0.15, -0.1) is 0 Å². The monoisotopic (exact) mass is 290 g/mol. The Hall–Kier alpha value is -0.960. The molecule has 1 rings (SSSR count). The average Bonchev–Trinajstić information content (AvgIpc) is 2.81. The zero-order valence-electron chi connectivity index (χ0n) is 11.4. The summed E-state index contributed by atoms with van der Waals surface area (Å²) in [6.07, 6.45) is 3.68. The fourth-order valence-corrected chi connectivity index (χ4v) is 2.38. The van der Waals surface area contributed by atoms with Gasteiger partial charge in [0.25, 0.3) is 0 Å². The summed E-state index contributed by atoms with van der Waals surface area (Å²) >= 11 is 0.